The van der Waals surface area contributed by atoms with Gasteiger partial charge in [0.2, 0.25) is 0 Å². The third-order valence-electron chi connectivity index (χ3n) is 5.18. The lowest BCUT2D eigenvalue weighted by atomic mass is 9.67. The molecule has 1 saturated heterocycles. The van der Waals surface area contributed by atoms with Gasteiger partial charge in [0.15, 0.2) is 0 Å². The van der Waals surface area contributed by atoms with Crippen LogP contribution < -0.4 is 0 Å². The fourth-order valence-corrected chi connectivity index (χ4v) is 5.46. The van der Waals surface area contributed by atoms with Crippen molar-refractivity contribution in [1.82, 2.24) is 0 Å². The Morgan fingerprint density at radius 1 is 1.15 bits per heavy atom. The van der Waals surface area contributed by atoms with Crippen molar-refractivity contribution >= 4 is 9.84 Å². The third kappa shape index (κ3) is 2.77. The lowest BCUT2D eigenvalue weighted by Crippen LogP contribution is -2.54. The molecule has 3 unspecified atom stereocenters. The molecule has 4 nitrogen and oxygen atoms in total. The maximum Gasteiger partial charge on any atom is 0.150 e. The highest BCUT2D eigenvalue weighted by atomic mass is 32.2. The first kappa shape index (κ1) is 16.2. The van der Waals surface area contributed by atoms with Gasteiger partial charge in [0.25, 0.3) is 0 Å². The monoisotopic (exact) mass is 304 g/mol. The molecule has 1 heterocycles. The maximum absolute atomic E-state index is 11.8. The molecule has 0 aromatic rings. The van der Waals surface area contributed by atoms with Gasteiger partial charge in [0, 0.05) is 12.7 Å². The van der Waals surface area contributed by atoms with Crippen LogP contribution in [-0.4, -0.2) is 41.8 Å². The zero-order chi connectivity index (χ0) is 15.4. The van der Waals surface area contributed by atoms with Gasteiger partial charge in [0.1, 0.15) is 9.84 Å². The Labute approximate surface area is 122 Å². The number of ether oxygens (including phenoxy) is 1. The van der Waals surface area contributed by atoms with Crippen molar-refractivity contribution in [1.29, 1.82) is 0 Å². The first-order valence-corrected chi connectivity index (χ1v) is 9.44. The molecule has 1 N–H and O–H groups in total. The third-order valence-corrected chi connectivity index (χ3v) is 6.82. The van der Waals surface area contributed by atoms with Crippen LogP contribution in [0, 0.1) is 5.92 Å². The molecule has 5 heteroatoms. The molecule has 20 heavy (non-hydrogen) atoms. The fraction of sp³-hybridized carbons (Fsp3) is 1.00. The quantitative estimate of drug-likeness (QED) is 0.850. The van der Waals surface area contributed by atoms with Gasteiger partial charge in [-0.2, -0.15) is 0 Å². The van der Waals surface area contributed by atoms with E-state index < -0.39 is 21.0 Å². The van der Waals surface area contributed by atoms with E-state index in [2.05, 4.69) is 0 Å². The predicted molar refractivity (Wildman–Crippen MR) is 79.4 cm³/mol. The first-order valence-electron chi connectivity index (χ1n) is 7.49. The highest BCUT2D eigenvalue weighted by Gasteiger charge is 2.60. The number of hydrogen-bond donors (Lipinski definition) is 1. The van der Waals surface area contributed by atoms with E-state index in [1.807, 2.05) is 27.7 Å². The van der Waals surface area contributed by atoms with E-state index in [0.717, 1.165) is 19.3 Å². The van der Waals surface area contributed by atoms with Crippen LogP contribution in [0.3, 0.4) is 0 Å². The lowest BCUT2D eigenvalue weighted by molar-refractivity contribution is -0.152. The summed E-state index contributed by atoms with van der Waals surface area (Å²) in [6.45, 7) is 7.82. The van der Waals surface area contributed by atoms with Crippen LogP contribution in [-0.2, 0) is 14.6 Å². The van der Waals surface area contributed by atoms with Crippen molar-refractivity contribution in [2.45, 2.75) is 81.9 Å². The second-order valence-electron chi connectivity index (χ2n) is 7.79. The molecular weight excluding hydrogens is 276 g/mol. The van der Waals surface area contributed by atoms with E-state index >= 15 is 0 Å². The topological polar surface area (TPSA) is 63.6 Å². The maximum atomic E-state index is 11.8. The molecule has 1 saturated carbocycles. The first-order chi connectivity index (χ1) is 8.87. The molecule has 0 spiro atoms. The Morgan fingerprint density at radius 2 is 1.75 bits per heavy atom. The standard InChI is InChI=1S/C15H28O4S/c1-13(2)10-15(16,14(3,4)19-13)11-7-6-8-12(9-11)20(5,17)18/h11-12,16H,6-10H2,1-5H3. The van der Waals surface area contributed by atoms with Crippen LogP contribution >= 0.6 is 0 Å². The minimum atomic E-state index is -3.03. The summed E-state index contributed by atoms with van der Waals surface area (Å²) >= 11 is 0. The molecule has 1 aliphatic carbocycles. The molecule has 118 valence electrons. The molecule has 0 radical (unpaired) electrons. The van der Waals surface area contributed by atoms with E-state index in [-0.39, 0.29) is 16.8 Å². The van der Waals surface area contributed by atoms with Crippen molar-refractivity contribution in [3.05, 3.63) is 0 Å². The molecule has 2 aliphatic rings. The van der Waals surface area contributed by atoms with Gasteiger partial charge < -0.3 is 9.84 Å². The normalized spacial score (nSPS) is 40.7. The molecule has 1 aliphatic heterocycles. The van der Waals surface area contributed by atoms with Gasteiger partial charge in [-0.15, -0.1) is 0 Å². The van der Waals surface area contributed by atoms with Crippen molar-refractivity contribution in [3.8, 4) is 0 Å². The molecule has 3 atom stereocenters. The summed E-state index contributed by atoms with van der Waals surface area (Å²) in [6.07, 6.45) is 4.89. The summed E-state index contributed by atoms with van der Waals surface area (Å²) < 4.78 is 29.7. The summed E-state index contributed by atoms with van der Waals surface area (Å²) in [5, 5.41) is 10.9. The number of hydrogen-bond acceptors (Lipinski definition) is 4. The van der Waals surface area contributed by atoms with Crippen LogP contribution in [0.5, 0.6) is 0 Å². The summed E-state index contributed by atoms with van der Waals surface area (Å²) in [6, 6.07) is 0. The Hall–Kier alpha value is -0.130. The van der Waals surface area contributed by atoms with Gasteiger partial charge in [-0.05, 0) is 52.9 Å². The Morgan fingerprint density at radius 3 is 2.20 bits per heavy atom. The summed E-state index contributed by atoms with van der Waals surface area (Å²) in [5.74, 6) is -0.00671. The molecule has 2 fully saturated rings. The molecule has 0 aromatic carbocycles. The minimum Gasteiger partial charge on any atom is -0.386 e. The second kappa shape index (κ2) is 4.68. The van der Waals surface area contributed by atoms with Crippen LogP contribution in [0.25, 0.3) is 0 Å². The average molecular weight is 304 g/mol. The predicted octanol–water partition coefficient (Wildman–Crippen LogP) is 2.30. The zero-order valence-corrected chi connectivity index (χ0v) is 14.1. The largest absolute Gasteiger partial charge is 0.386 e. The Bertz CT molecular complexity index is 480. The lowest BCUT2D eigenvalue weighted by Gasteiger charge is -2.44. The summed E-state index contributed by atoms with van der Waals surface area (Å²) in [4.78, 5) is 0. The molecular formula is C15H28O4S. The van der Waals surface area contributed by atoms with Gasteiger partial charge in [0.05, 0.1) is 22.1 Å². The van der Waals surface area contributed by atoms with Crippen LogP contribution in [0.15, 0.2) is 0 Å². The van der Waals surface area contributed by atoms with E-state index in [0.29, 0.717) is 12.8 Å². The van der Waals surface area contributed by atoms with E-state index in [1.165, 1.54) is 6.26 Å². The number of sulfone groups is 1. The van der Waals surface area contributed by atoms with Crippen molar-refractivity contribution in [2.75, 3.05) is 6.26 Å². The number of rotatable bonds is 2. The smallest absolute Gasteiger partial charge is 0.150 e. The molecule has 0 aromatic heterocycles. The van der Waals surface area contributed by atoms with Gasteiger partial charge in [-0.3, -0.25) is 0 Å². The van der Waals surface area contributed by atoms with Crippen LogP contribution in [0.1, 0.15) is 59.8 Å². The molecule has 0 bridgehead atoms. The van der Waals surface area contributed by atoms with Crippen molar-refractivity contribution in [3.63, 3.8) is 0 Å². The SMILES string of the molecule is CC1(C)CC(O)(C2CCCC(S(C)(=O)=O)C2)C(C)(C)O1. The van der Waals surface area contributed by atoms with Crippen LogP contribution in [0.2, 0.25) is 0 Å². The van der Waals surface area contributed by atoms with Gasteiger partial charge in [-0.1, -0.05) is 6.42 Å². The fourth-order valence-electron chi connectivity index (χ4n) is 4.28. The highest BCUT2D eigenvalue weighted by Crippen LogP contribution is 2.52. The van der Waals surface area contributed by atoms with E-state index in [9.17, 15) is 13.5 Å². The van der Waals surface area contributed by atoms with Crippen molar-refractivity contribution < 1.29 is 18.3 Å². The summed E-state index contributed by atoms with van der Waals surface area (Å²) in [7, 11) is -3.03. The van der Waals surface area contributed by atoms with Crippen molar-refractivity contribution in [2.24, 2.45) is 5.92 Å². The summed E-state index contributed by atoms with van der Waals surface area (Å²) in [5.41, 5.74) is -1.95. The molecule has 2 rings (SSSR count). The van der Waals surface area contributed by atoms with Gasteiger partial charge in [-0.25, -0.2) is 8.42 Å². The van der Waals surface area contributed by atoms with Crippen LogP contribution in [0.4, 0.5) is 0 Å². The highest BCUT2D eigenvalue weighted by molar-refractivity contribution is 7.91. The van der Waals surface area contributed by atoms with E-state index in [1.54, 1.807) is 0 Å². The Balaban J connectivity index is 2.26. The average Bonchev–Trinajstić information content (AvgIpc) is 2.42. The minimum absolute atomic E-state index is 0.00671. The molecule has 0 amide bonds. The second-order valence-corrected chi connectivity index (χ2v) is 10.1. The van der Waals surface area contributed by atoms with Gasteiger partial charge >= 0.3 is 0 Å². The van der Waals surface area contributed by atoms with E-state index in [4.69, 9.17) is 4.74 Å². The zero-order valence-electron chi connectivity index (χ0n) is 13.3. The Kier molecular flexibility index (Phi) is 3.80. The number of aliphatic hydroxyl groups is 1.